The highest BCUT2D eigenvalue weighted by Crippen LogP contribution is 2.18. The molecular formula is C14H18N4S. The van der Waals surface area contributed by atoms with Crippen LogP contribution in [0.3, 0.4) is 0 Å². The van der Waals surface area contributed by atoms with Gasteiger partial charge in [0.25, 0.3) is 0 Å². The maximum atomic E-state index is 4.31. The van der Waals surface area contributed by atoms with Crippen molar-refractivity contribution in [1.29, 1.82) is 0 Å². The first kappa shape index (κ1) is 12.6. The van der Waals surface area contributed by atoms with E-state index in [1.165, 1.54) is 9.75 Å². The van der Waals surface area contributed by atoms with Gasteiger partial charge in [0.15, 0.2) is 0 Å². The number of aromatic nitrogens is 2. The summed E-state index contributed by atoms with van der Waals surface area (Å²) in [5, 5.41) is 0. The third-order valence-corrected chi connectivity index (χ3v) is 4.37. The van der Waals surface area contributed by atoms with Crippen molar-refractivity contribution in [3.63, 3.8) is 0 Å². The van der Waals surface area contributed by atoms with E-state index in [0.717, 1.165) is 38.7 Å². The van der Waals surface area contributed by atoms with Gasteiger partial charge < -0.3 is 4.90 Å². The Morgan fingerprint density at radius 1 is 1.11 bits per heavy atom. The van der Waals surface area contributed by atoms with Crippen molar-refractivity contribution < 1.29 is 0 Å². The third kappa shape index (κ3) is 3.11. The average molecular weight is 274 g/mol. The molecule has 5 heteroatoms. The van der Waals surface area contributed by atoms with Crippen LogP contribution in [-0.2, 0) is 6.54 Å². The summed E-state index contributed by atoms with van der Waals surface area (Å²) in [5.41, 5.74) is 0. The van der Waals surface area contributed by atoms with Gasteiger partial charge in [-0.25, -0.2) is 9.97 Å². The van der Waals surface area contributed by atoms with Crippen LogP contribution in [-0.4, -0.2) is 41.0 Å². The average Bonchev–Trinajstić information content (AvgIpc) is 2.86. The first-order valence-corrected chi connectivity index (χ1v) is 7.42. The standard InChI is InChI=1S/C14H18N4S/c1-12-3-4-13(19-12)11-17-7-9-18(10-8-17)14-15-5-2-6-16-14/h2-6H,7-11H2,1H3. The number of thiophene rings is 1. The van der Waals surface area contributed by atoms with Gasteiger partial charge in [-0.2, -0.15) is 0 Å². The Kier molecular flexibility index (Phi) is 3.75. The molecule has 1 fully saturated rings. The van der Waals surface area contributed by atoms with Gasteiger partial charge in [-0.15, -0.1) is 11.3 Å². The van der Waals surface area contributed by atoms with Crippen molar-refractivity contribution in [2.24, 2.45) is 0 Å². The normalized spacial score (nSPS) is 16.8. The highest BCUT2D eigenvalue weighted by Gasteiger charge is 2.18. The third-order valence-electron chi connectivity index (χ3n) is 3.38. The Hall–Kier alpha value is -1.46. The van der Waals surface area contributed by atoms with E-state index in [4.69, 9.17) is 0 Å². The molecular weight excluding hydrogens is 256 g/mol. The molecule has 0 radical (unpaired) electrons. The van der Waals surface area contributed by atoms with E-state index in [9.17, 15) is 0 Å². The topological polar surface area (TPSA) is 32.3 Å². The van der Waals surface area contributed by atoms with Gasteiger partial charge in [0, 0.05) is 54.9 Å². The number of hydrogen-bond acceptors (Lipinski definition) is 5. The summed E-state index contributed by atoms with van der Waals surface area (Å²) in [7, 11) is 0. The van der Waals surface area contributed by atoms with Crippen molar-refractivity contribution in [2.75, 3.05) is 31.1 Å². The van der Waals surface area contributed by atoms with Gasteiger partial charge in [-0.1, -0.05) is 0 Å². The van der Waals surface area contributed by atoms with Crippen molar-refractivity contribution in [1.82, 2.24) is 14.9 Å². The van der Waals surface area contributed by atoms with Crippen LogP contribution in [0, 0.1) is 6.92 Å². The lowest BCUT2D eigenvalue weighted by Crippen LogP contribution is -2.46. The number of rotatable bonds is 3. The predicted octanol–water partition coefficient (Wildman–Crippen LogP) is 2.17. The second-order valence-electron chi connectivity index (χ2n) is 4.82. The Labute approximate surface area is 117 Å². The summed E-state index contributed by atoms with van der Waals surface area (Å²) in [6, 6.07) is 6.31. The molecule has 0 aromatic carbocycles. The van der Waals surface area contributed by atoms with Gasteiger partial charge in [0.1, 0.15) is 0 Å². The summed E-state index contributed by atoms with van der Waals surface area (Å²) < 4.78 is 0. The highest BCUT2D eigenvalue weighted by molar-refractivity contribution is 7.11. The summed E-state index contributed by atoms with van der Waals surface area (Å²) in [5.74, 6) is 0.856. The molecule has 0 atom stereocenters. The van der Waals surface area contributed by atoms with Crippen LogP contribution in [0.15, 0.2) is 30.6 Å². The van der Waals surface area contributed by atoms with Crippen LogP contribution in [0.25, 0.3) is 0 Å². The number of nitrogens with zero attached hydrogens (tertiary/aromatic N) is 4. The van der Waals surface area contributed by atoms with Gasteiger partial charge in [0.05, 0.1) is 0 Å². The zero-order chi connectivity index (χ0) is 13.1. The monoisotopic (exact) mass is 274 g/mol. The van der Waals surface area contributed by atoms with E-state index in [-0.39, 0.29) is 0 Å². The van der Waals surface area contributed by atoms with Crippen molar-refractivity contribution >= 4 is 17.3 Å². The maximum absolute atomic E-state index is 4.31. The van der Waals surface area contributed by atoms with Crippen LogP contribution in [0.2, 0.25) is 0 Å². The van der Waals surface area contributed by atoms with E-state index < -0.39 is 0 Å². The largest absolute Gasteiger partial charge is 0.338 e. The molecule has 1 aliphatic heterocycles. The zero-order valence-corrected chi connectivity index (χ0v) is 11.9. The quantitative estimate of drug-likeness (QED) is 0.858. The molecule has 1 aliphatic rings. The molecule has 0 saturated carbocycles. The molecule has 0 spiro atoms. The molecule has 3 rings (SSSR count). The molecule has 0 aliphatic carbocycles. The van der Waals surface area contributed by atoms with Gasteiger partial charge in [-0.3, -0.25) is 4.90 Å². The maximum Gasteiger partial charge on any atom is 0.225 e. The van der Waals surface area contributed by atoms with Crippen molar-refractivity contribution in [3.8, 4) is 0 Å². The summed E-state index contributed by atoms with van der Waals surface area (Å²) >= 11 is 1.90. The molecule has 2 aromatic rings. The van der Waals surface area contributed by atoms with Crippen LogP contribution in [0.4, 0.5) is 5.95 Å². The van der Waals surface area contributed by atoms with Crippen molar-refractivity contribution in [2.45, 2.75) is 13.5 Å². The molecule has 0 amide bonds. The second-order valence-corrected chi connectivity index (χ2v) is 6.20. The summed E-state index contributed by atoms with van der Waals surface area (Å²) in [6.07, 6.45) is 3.62. The fraction of sp³-hybridized carbons (Fsp3) is 0.429. The van der Waals surface area contributed by atoms with Crippen LogP contribution >= 0.6 is 11.3 Å². The van der Waals surface area contributed by atoms with Gasteiger partial charge in [0.2, 0.25) is 5.95 Å². The Balaban J connectivity index is 1.55. The minimum atomic E-state index is 0.856. The Morgan fingerprint density at radius 3 is 2.47 bits per heavy atom. The minimum Gasteiger partial charge on any atom is -0.338 e. The molecule has 0 bridgehead atoms. The van der Waals surface area contributed by atoms with Gasteiger partial charge >= 0.3 is 0 Å². The lowest BCUT2D eigenvalue weighted by atomic mass is 10.3. The first-order chi connectivity index (χ1) is 9.31. The molecule has 3 heterocycles. The zero-order valence-electron chi connectivity index (χ0n) is 11.1. The van der Waals surface area contributed by atoms with Crippen LogP contribution < -0.4 is 4.90 Å². The first-order valence-electron chi connectivity index (χ1n) is 6.61. The lowest BCUT2D eigenvalue weighted by Gasteiger charge is -2.34. The number of hydrogen-bond donors (Lipinski definition) is 0. The fourth-order valence-electron chi connectivity index (χ4n) is 2.35. The molecule has 0 unspecified atom stereocenters. The lowest BCUT2D eigenvalue weighted by molar-refractivity contribution is 0.251. The smallest absolute Gasteiger partial charge is 0.225 e. The molecule has 1 saturated heterocycles. The summed E-state index contributed by atoms with van der Waals surface area (Å²) in [6.45, 7) is 7.41. The second kappa shape index (κ2) is 5.67. The van der Waals surface area contributed by atoms with E-state index in [1.807, 2.05) is 29.8 Å². The van der Waals surface area contributed by atoms with E-state index in [2.05, 4.69) is 38.8 Å². The Morgan fingerprint density at radius 2 is 1.84 bits per heavy atom. The van der Waals surface area contributed by atoms with Crippen molar-refractivity contribution in [3.05, 3.63) is 40.3 Å². The number of aryl methyl sites for hydroxylation is 1. The SMILES string of the molecule is Cc1ccc(CN2CCN(c3ncccn3)CC2)s1. The summed E-state index contributed by atoms with van der Waals surface area (Å²) in [4.78, 5) is 16.2. The molecule has 4 nitrogen and oxygen atoms in total. The van der Waals surface area contributed by atoms with Gasteiger partial charge in [-0.05, 0) is 25.1 Å². The molecule has 2 aromatic heterocycles. The van der Waals surface area contributed by atoms with Crippen LogP contribution in [0.5, 0.6) is 0 Å². The number of anilines is 1. The highest BCUT2D eigenvalue weighted by atomic mass is 32.1. The van der Waals surface area contributed by atoms with E-state index in [1.54, 1.807) is 0 Å². The molecule has 19 heavy (non-hydrogen) atoms. The Bertz CT molecular complexity index is 517. The molecule has 100 valence electrons. The molecule has 0 N–H and O–H groups in total. The fourth-order valence-corrected chi connectivity index (χ4v) is 3.28. The number of piperazine rings is 1. The predicted molar refractivity (Wildman–Crippen MR) is 78.6 cm³/mol. The van der Waals surface area contributed by atoms with E-state index >= 15 is 0 Å². The van der Waals surface area contributed by atoms with E-state index in [0.29, 0.717) is 0 Å². The minimum absolute atomic E-state index is 0.856. The van der Waals surface area contributed by atoms with Crippen LogP contribution in [0.1, 0.15) is 9.75 Å².